The number of rotatable bonds is 62. The molecule has 6 aliphatic rings. The van der Waals surface area contributed by atoms with Crippen molar-refractivity contribution < 1.29 is 101 Å². The molecule has 0 unspecified atom stereocenters. The molecule has 3 heterocycles. The number of Topliss-reactive ketones (excluding diaryl/α,β-unsaturated/α-hetero) is 1. The zero-order valence-corrected chi connectivity index (χ0v) is 77.3. The summed E-state index contributed by atoms with van der Waals surface area (Å²) >= 11 is 0. The van der Waals surface area contributed by atoms with Crippen LogP contribution in [0.3, 0.4) is 0 Å². The lowest BCUT2D eigenvalue weighted by Gasteiger charge is -2.35. The van der Waals surface area contributed by atoms with Crippen molar-refractivity contribution >= 4 is 47.7 Å². The number of nitro groups is 1. The zero-order valence-electron chi connectivity index (χ0n) is 74.9. The Kier molecular flexibility index (Phi) is 41.3. The molecule has 6 aromatic carbocycles. The van der Waals surface area contributed by atoms with Crippen LogP contribution in [-0.4, -0.2) is 277 Å². The summed E-state index contributed by atoms with van der Waals surface area (Å²) in [6.07, 6.45) is 12.0. The molecule has 714 valence electrons. The maximum absolute atomic E-state index is 13.3. The summed E-state index contributed by atoms with van der Waals surface area (Å²) in [5.41, 5.74) is 5.57. The van der Waals surface area contributed by atoms with Gasteiger partial charge in [0.1, 0.15) is 41.3 Å². The molecule has 0 saturated carbocycles. The molecule has 3 aliphatic carbocycles. The Morgan fingerprint density at radius 3 is 0.908 bits per heavy atom. The van der Waals surface area contributed by atoms with E-state index in [9.17, 15) is 49.8 Å². The molecule has 6 atom stereocenters. The van der Waals surface area contributed by atoms with Crippen molar-refractivity contribution in [2.24, 2.45) is 0 Å². The minimum atomic E-state index is -3.82. The highest BCUT2D eigenvalue weighted by molar-refractivity contribution is 7.90. The number of piperidine rings is 3. The number of carbonyl (C=O) groups is 3. The summed E-state index contributed by atoms with van der Waals surface area (Å²) in [6.45, 7) is 9.92. The quantitative estimate of drug-likeness (QED) is 0.0135. The highest BCUT2D eigenvalue weighted by Crippen LogP contribution is 2.43. The lowest BCUT2D eigenvalue weighted by molar-refractivity contribution is -0.573. The molecule has 0 aromatic heterocycles. The topological polar surface area (TPSA) is 377 Å². The molecule has 3 aliphatic heterocycles. The molecule has 12 rings (SSSR count). The van der Waals surface area contributed by atoms with Crippen LogP contribution in [0.4, 0.5) is 0 Å². The van der Waals surface area contributed by atoms with Crippen LogP contribution in [0.25, 0.3) is 0 Å². The van der Waals surface area contributed by atoms with E-state index in [-0.39, 0.29) is 254 Å². The van der Waals surface area contributed by atoms with E-state index in [0.717, 1.165) is 58.5 Å². The molecule has 5 N–H and O–H groups in total. The molecule has 3 saturated heterocycles. The van der Waals surface area contributed by atoms with Crippen LogP contribution in [0.15, 0.2) is 160 Å². The zero-order chi connectivity index (χ0) is 91.1. The average molecular weight is 1870 g/mol. The fourth-order valence-corrected chi connectivity index (χ4v) is 20.9. The molecule has 6 aromatic rings. The van der Waals surface area contributed by atoms with Gasteiger partial charge in [0, 0.05) is 89.2 Å². The summed E-state index contributed by atoms with van der Waals surface area (Å²) in [6, 6.07) is 45.3. The molecule has 0 bridgehead atoms. The van der Waals surface area contributed by atoms with Crippen molar-refractivity contribution in [2.45, 2.75) is 185 Å². The van der Waals surface area contributed by atoms with Gasteiger partial charge in [0.25, 0.3) is 0 Å². The van der Waals surface area contributed by atoms with Crippen LogP contribution >= 0.6 is 0 Å². The first-order valence-electron chi connectivity index (χ1n) is 46.5. The van der Waals surface area contributed by atoms with Crippen LogP contribution in [0.5, 0.6) is 17.2 Å². The second-order valence-corrected chi connectivity index (χ2v) is 39.1. The van der Waals surface area contributed by atoms with E-state index in [1.165, 1.54) is 91.2 Å². The van der Waals surface area contributed by atoms with Gasteiger partial charge >= 0.3 is 0 Å². The van der Waals surface area contributed by atoms with Gasteiger partial charge in [0.05, 0.1) is 145 Å². The maximum Gasteiger partial charge on any atom is 0.240 e. The third-order valence-corrected chi connectivity index (χ3v) is 29.2. The van der Waals surface area contributed by atoms with Gasteiger partial charge in [0.15, 0.2) is 0 Å². The highest BCUT2D eigenvalue weighted by atomic mass is 32.2. The lowest BCUT2D eigenvalue weighted by Crippen LogP contribution is -2.43. The van der Waals surface area contributed by atoms with Crippen molar-refractivity contribution in [3.63, 3.8) is 0 Å². The van der Waals surface area contributed by atoms with Gasteiger partial charge in [-0.05, 0) is 210 Å². The molecule has 0 spiro atoms. The fraction of sp³-hybridized carbons (Fsp3) is 0.589. The van der Waals surface area contributed by atoms with Crippen molar-refractivity contribution in [1.29, 1.82) is 0 Å². The molecule has 35 heteroatoms. The van der Waals surface area contributed by atoms with Gasteiger partial charge in [0.2, 0.25) is 47.4 Å². The van der Waals surface area contributed by atoms with E-state index in [4.69, 9.17) is 56.8 Å². The monoisotopic (exact) mass is 1860 g/mol. The first kappa shape index (κ1) is 101. The van der Waals surface area contributed by atoms with Gasteiger partial charge < -0.3 is 67.5 Å². The molecule has 0 radical (unpaired) electrons. The average Bonchev–Trinajstić information content (AvgIpc) is 1.64. The van der Waals surface area contributed by atoms with Crippen molar-refractivity contribution in [3.05, 3.63) is 189 Å². The molecule has 3 fully saturated rings. The standard InChI is InChI=1S/C95H133N9O23S3/c105-77(20-16-53-116-59-65-122-68-62-119-56-44-98-128(110,111)81-30-24-78(25-31-81)125-92-84-21-7-4-17-74(84)71-87(92)101-47-10-1-11-48-101)36-39-95(104(108)109,40-37-90(106)96-42-54-117-60-66-123-69-63-120-57-45-99-129(112,113)82-32-26-79(27-33-82)126-93-85-22-8-5-18-75(85)72-88(93)102-49-12-2-13-50-102)41-38-91(107)97-43-55-118-61-67-124-70-64-121-58-46-100-130(114,115)83-34-28-80(29-35-83)127-94-86-23-9-6-19-76(86)73-89(94)103-51-14-3-15-52-103/h4-9,17-19,21-35,87-89,92-94,98-100H,1-3,10-16,20,36-73H2,(H,96,106)(H,97,107)/t87-,88-,89-,92-,93-,94-/m0/s1. The van der Waals surface area contributed by atoms with Gasteiger partial charge in [-0.25, -0.2) is 39.4 Å². The fourth-order valence-electron chi connectivity index (χ4n) is 17.8. The third kappa shape index (κ3) is 31.6. The largest absolute Gasteiger partial charge is 0.484 e. The van der Waals surface area contributed by atoms with E-state index in [2.05, 4.69) is 94.1 Å². The molecule has 2 amide bonds. The predicted octanol–water partition coefficient (Wildman–Crippen LogP) is 9.60. The van der Waals surface area contributed by atoms with Crippen LogP contribution in [0.1, 0.15) is 161 Å². The Morgan fingerprint density at radius 1 is 0.338 bits per heavy atom. The van der Waals surface area contributed by atoms with Crippen molar-refractivity contribution in [1.82, 2.24) is 39.5 Å². The number of fused-ring (bicyclic) bond motifs is 3. The van der Waals surface area contributed by atoms with Gasteiger partial charge in [-0.2, -0.15) is 0 Å². The smallest absolute Gasteiger partial charge is 0.240 e. The van der Waals surface area contributed by atoms with Gasteiger partial charge in [-0.15, -0.1) is 0 Å². The highest BCUT2D eigenvalue weighted by Gasteiger charge is 2.45. The van der Waals surface area contributed by atoms with E-state index in [1.54, 1.807) is 72.8 Å². The number of benzene rings is 6. The minimum Gasteiger partial charge on any atom is -0.484 e. The Balaban J connectivity index is 0.497. The number of sulfonamides is 3. The second-order valence-electron chi connectivity index (χ2n) is 33.8. The number of hydrogen-bond acceptors (Lipinski definition) is 26. The summed E-state index contributed by atoms with van der Waals surface area (Å²) < 4.78 is 157. The number of amides is 2. The first-order chi connectivity index (χ1) is 63.3. The number of ketones is 1. The van der Waals surface area contributed by atoms with Gasteiger partial charge in [-0.3, -0.25) is 39.2 Å². The van der Waals surface area contributed by atoms with E-state index < -0.39 is 52.3 Å². The first-order valence-corrected chi connectivity index (χ1v) is 50.9. The number of ether oxygens (including phenoxy) is 12. The Bertz CT molecular complexity index is 4340. The minimum absolute atomic E-state index is 0.0454. The number of likely N-dealkylation sites (tertiary alicyclic amines) is 3. The van der Waals surface area contributed by atoms with E-state index in [1.807, 2.05) is 18.2 Å². The van der Waals surface area contributed by atoms with Crippen LogP contribution in [0.2, 0.25) is 0 Å². The Labute approximate surface area is 766 Å². The predicted molar refractivity (Wildman–Crippen MR) is 488 cm³/mol. The van der Waals surface area contributed by atoms with Gasteiger partial charge in [-0.1, -0.05) is 92.1 Å². The number of hydrogen-bond donors (Lipinski definition) is 5. The molecule has 32 nitrogen and oxygen atoms in total. The van der Waals surface area contributed by atoms with Crippen LogP contribution < -0.4 is 39.0 Å². The second kappa shape index (κ2) is 53.2. The number of nitrogens with one attached hydrogen (secondary N) is 5. The lowest BCUT2D eigenvalue weighted by atomic mass is 9.83. The summed E-state index contributed by atoms with van der Waals surface area (Å²) in [5.74, 6) is 0.611. The Hall–Kier alpha value is -8.02. The SMILES string of the molecule is O=C(CCCOCCOCCOCCNS(=O)(=O)c1ccc(O[C@H]2c3ccccc3C[C@@H]2N2CCCCC2)cc1)CCC(CCC(=O)NCCOCCOCCOCCNS(=O)(=O)c1ccc(O[C@H]2c3ccccc3C[C@@H]2N2CCCCC2)cc1)(CCC(=O)NCCOCCOCCOCCNS(=O)(=O)c1ccc(O[C@H]2c3ccccc3C[C@@H]2N2CCCCC2)cc1)[N+](=O)[O-]. The maximum atomic E-state index is 13.3. The van der Waals surface area contributed by atoms with E-state index in [0.29, 0.717) is 23.7 Å². The molecular formula is C95H133N9O23S3. The number of carbonyl (C=O) groups excluding carboxylic acids is 3. The third-order valence-electron chi connectivity index (χ3n) is 24.8. The normalized spacial score (nSPS) is 19.2. The van der Waals surface area contributed by atoms with Crippen LogP contribution in [-0.2, 0) is 106 Å². The van der Waals surface area contributed by atoms with Crippen molar-refractivity contribution in [3.8, 4) is 17.2 Å². The summed E-state index contributed by atoms with van der Waals surface area (Å²) in [7, 11) is -11.5. The summed E-state index contributed by atoms with van der Waals surface area (Å²) in [4.78, 5) is 60.3. The number of nitrogens with zero attached hydrogens (tertiary/aromatic N) is 4. The Morgan fingerprint density at radius 2 is 0.608 bits per heavy atom. The van der Waals surface area contributed by atoms with E-state index >= 15 is 0 Å². The molecular weight excluding hydrogens is 1730 g/mol. The summed E-state index contributed by atoms with van der Waals surface area (Å²) in [5, 5.41) is 18.6. The molecule has 130 heavy (non-hydrogen) atoms. The van der Waals surface area contributed by atoms with Crippen LogP contribution in [0, 0.1) is 10.1 Å². The van der Waals surface area contributed by atoms with Crippen molar-refractivity contribution in [2.75, 3.05) is 191 Å².